The molecule has 21 heavy (non-hydrogen) atoms. The minimum Gasteiger partial charge on any atom is -0.496 e. The van der Waals surface area contributed by atoms with Crippen molar-refractivity contribution in [2.75, 3.05) is 13.7 Å². The highest BCUT2D eigenvalue weighted by Crippen LogP contribution is 2.25. The normalized spacial score (nSPS) is 14.2. The number of nitrogens with zero attached hydrogens (tertiary/aromatic N) is 1. The summed E-state index contributed by atoms with van der Waals surface area (Å²) in [7, 11) is 1.46. The second-order valence-corrected chi connectivity index (χ2v) is 5.51. The van der Waals surface area contributed by atoms with Crippen molar-refractivity contribution in [1.29, 1.82) is 0 Å². The predicted octanol–water partition coefficient (Wildman–Crippen LogP) is 1.01. The maximum atomic E-state index is 11.5. The van der Waals surface area contributed by atoms with Gasteiger partial charge in [0.25, 0.3) is 0 Å². The van der Waals surface area contributed by atoms with Crippen molar-refractivity contribution >= 4 is 6.09 Å². The van der Waals surface area contributed by atoms with Crippen LogP contribution in [-0.2, 0) is 4.74 Å². The van der Waals surface area contributed by atoms with Crippen LogP contribution in [0.1, 0.15) is 32.4 Å². The van der Waals surface area contributed by atoms with Crippen LogP contribution in [0.2, 0.25) is 0 Å². The summed E-state index contributed by atoms with van der Waals surface area (Å²) in [4.78, 5) is 15.4. The van der Waals surface area contributed by atoms with E-state index in [1.807, 2.05) is 0 Å². The molecule has 1 aromatic rings. The number of ether oxygens (including phenoxy) is 2. The van der Waals surface area contributed by atoms with Crippen LogP contribution in [-0.4, -0.2) is 46.6 Å². The minimum atomic E-state index is -1.23. The number of carbonyl (C=O) groups is 1. The third-order valence-electron chi connectivity index (χ3n) is 2.57. The van der Waals surface area contributed by atoms with E-state index in [2.05, 4.69) is 10.3 Å². The van der Waals surface area contributed by atoms with Crippen molar-refractivity contribution in [3.8, 4) is 5.75 Å². The summed E-state index contributed by atoms with van der Waals surface area (Å²) in [6, 6.07) is 1.58. The van der Waals surface area contributed by atoms with Gasteiger partial charge in [0.05, 0.1) is 7.11 Å². The highest BCUT2D eigenvalue weighted by atomic mass is 16.6. The van der Waals surface area contributed by atoms with Gasteiger partial charge in [-0.05, 0) is 26.8 Å². The number of amides is 1. The zero-order valence-electron chi connectivity index (χ0n) is 12.7. The number of nitrogens with one attached hydrogen (secondary N) is 1. The highest BCUT2D eigenvalue weighted by molar-refractivity contribution is 5.67. The lowest BCUT2D eigenvalue weighted by Gasteiger charge is -2.22. The molecule has 7 heteroatoms. The number of pyridine rings is 1. The summed E-state index contributed by atoms with van der Waals surface area (Å²) in [6.45, 7) is 5.04. The fourth-order valence-electron chi connectivity index (χ4n) is 1.62. The lowest BCUT2D eigenvalue weighted by Crippen LogP contribution is -2.38. The lowest BCUT2D eigenvalue weighted by molar-refractivity contribution is 0.0117. The van der Waals surface area contributed by atoms with Gasteiger partial charge in [-0.2, -0.15) is 0 Å². The molecule has 0 aromatic carbocycles. The van der Waals surface area contributed by atoms with Crippen molar-refractivity contribution in [2.24, 2.45) is 0 Å². The highest BCUT2D eigenvalue weighted by Gasteiger charge is 2.23. The first-order valence-electron chi connectivity index (χ1n) is 6.55. The zero-order valence-corrected chi connectivity index (χ0v) is 12.7. The standard InChI is InChI=1S/C14H22N2O5/c1-14(2,3)21-13(19)16-8-10(17)12(18)9-7-15-6-5-11(9)20-4/h5-7,10,12,17-18H,8H2,1-4H3,(H,16,19). The number of carbonyl (C=O) groups excluding carboxylic acids is 1. The van der Waals surface area contributed by atoms with Crippen LogP contribution < -0.4 is 10.1 Å². The third kappa shape index (κ3) is 5.57. The Morgan fingerprint density at radius 3 is 2.67 bits per heavy atom. The first kappa shape index (κ1) is 17.2. The van der Waals surface area contributed by atoms with Crippen LogP contribution in [0, 0.1) is 0 Å². The molecule has 1 amide bonds. The number of aromatic nitrogens is 1. The van der Waals surface area contributed by atoms with E-state index in [-0.39, 0.29) is 6.54 Å². The fourth-order valence-corrected chi connectivity index (χ4v) is 1.62. The van der Waals surface area contributed by atoms with Crippen LogP contribution in [0.5, 0.6) is 5.75 Å². The molecule has 1 aromatic heterocycles. The molecule has 118 valence electrons. The summed E-state index contributed by atoms with van der Waals surface area (Å²) >= 11 is 0. The van der Waals surface area contributed by atoms with Crippen LogP contribution in [0.3, 0.4) is 0 Å². The summed E-state index contributed by atoms with van der Waals surface area (Å²) in [5, 5.41) is 22.4. The van der Waals surface area contributed by atoms with Gasteiger partial charge in [0.15, 0.2) is 0 Å². The van der Waals surface area contributed by atoms with Crippen LogP contribution >= 0.6 is 0 Å². The summed E-state index contributed by atoms with van der Waals surface area (Å²) in [6.07, 6.45) is -0.188. The first-order valence-corrected chi connectivity index (χ1v) is 6.55. The summed E-state index contributed by atoms with van der Waals surface area (Å²) in [5.41, 5.74) is -0.279. The molecule has 1 heterocycles. The van der Waals surface area contributed by atoms with E-state index in [4.69, 9.17) is 9.47 Å². The van der Waals surface area contributed by atoms with Gasteiger partial charge in [0.2, 0.25) is 0 Å². The van der Waals surface area contributed by atoms with Gasteiger partial charge in [-0.15, -0.1) is 0 Å². The molecule has 0 saturated heterocycles. The molecule has 0 saturated carbocycles. The molecule has 3 N–H and O–H groups in total. The number of rotatable bonds is 5. The molecule has 2 unspecified atom stereocenters. The molecular formula is C14H22N2O5. The number of hydrogen-bond acceptors (Lipinski definition) is 6. The Labute approximate surface area is 123 Å². The molecule has 0 aliphatic rings. The SMILES string of the molecule is COc1ccncc1C(O)C(O)CNC(=O)OC(C)(C)C. The number of methoxy groups -OCH3 is 1. The van der Waals surface area contributed by atoms with Gasteiger partial charge in [-0.25, -0.2) is 4.79 Å². The number of alkyl carbamates (subject to hydrolysis) is 1. The van der Waals surface area contributed by atoms with Crippen LogP contribution in [0.15, 0.2) is 18.5 Å². The van der Waals surface area contributed by atoms with E-state index < -0.39 is 23.9 Å². The zero-order chi connectivity index (χ0) is 16.0. The van der Waals surface area contributed by atoms with Crippen molar-refractivity contribution < 1.29 is 24.5 Å². The Kier molecular flexibility index (Phi) is 5.92. The number of hydrogen-bond donors (Lipinski definition) is 3. The van der Waals surface area contributed by atoms with E-state index in [0.717, 1.165) is 0 Å². The van der Waals surface area contributed by atoms with Crippen LogP contribution in [0.4, 0.5) is 4.79 Å². The Bertz CT molecular complexity index is 473. The molecule has 0 aliphatic heterocycles. The second kappa shape index (κ2) is 7.24. The van der Waals surface area contributed by atoms with Crippen molar-refractivity contribution in [2.45, 2.75) is 38.6 Å². The average molecular weight is 298 g/mol. The smallest absolute Gasteiger partial charge is 0.407 e. The molecule has 1 rings (SSSR count). The summed E-state index contributed by atoms with van der Waals surface area (Å²) < 4.78 is 10.1. The number of aliphatic hydroxyl groups is 2. The van der Waals surface area contributed by atoms with Gasteiger partial charge in [-0.1, -0.05) is 0 Å². The quantitative estimate of drug-likeness (QED) is 0.750. The molecule has 0 aliphatic carbocycles. The Balaban J connectivity index is 2.59. The van der Waals surface area contributed by atoms with E-state index in [1.54, 1.807) is 26.8 Å². The van der Waals surface area contributed by atoms with Crippen LogP contribution in [0.25, 0.3) is 0 Å². The lowest BCUT2D eigenvalue weighted by atomic mass is 10.1. The fraction of sp³-hybridized carbons (Fsp3) is 0.571. The average Bonchev–Trinajstić information content (AvgIpc) is 2.42. The predicted molar refractivity (Wildman–Crippen MR) is 76.0 cm³/mol. The molecule has 7 nitrogen and oxygen atoms in total. The van der Waals surface area contributed by atoms with Crippen molar-refractivity contribution in [3.63, 3.8) is 0 Å². The van der Waals surface area contributed by atoms with Crippen molar-refractivity contribution in [1.82, 2.24) is 10.3 Å². The monoisotopic (exact) mass is 298 g/mol. The van der Waals surface area contributed by atoms with Gasteiger partial charge in [-0.3, -0.25) is 4.98 Å². The minimum absolute atomic E-state index is 0.159. The van der Waals surface area contributed by atoms with Crippen molar-refractivity contribution in [3.05, 3.63) is 24.0 Å². The van der Waals surface area contributed by atoms with Gasteiger partial charge in [0, 0.05) is 24.5 Å². The molecule has 2 atom stereocenters. The maximum Gasteiger partial charge on any atom is 0.407 e. The van der Waals surface area contributed by atoms with Gasteiger partial charge >= 0.3 is 6.09 Å². The molecule has 0 radical (unpaired) electrons. The molecular weight excluding hydrogens is 276 g/mol. The molecule has 0 spiro atoms. The van der Waals surface area contributed by atoms with Gasteiger partial charge in [0.1, 0.15) is 23.6 Å². The third-order valence-corrected chi connectivity index (χ3v) is 2.57. The second-order valence-electron chi connectivity index (χ2n) is 5.51. The molecule has 0 bridgehead atoms. The maximum absolute atomic E-state index is 11.5. The summed E-state index contributed by atoms with van der Waals surface area (Å²) in [5.74, 6) is 0.411. The van der Waals surface area contributed by atoms with E-state index in [1.165, 1.54) is 19.5 Å². The number of aliphatic hydroxyl groups excluding tert-OH is 2. The van der Waals surface area contributed by atoms with E-state index in [9.17, 15) is 15.0 Å². The first-order chi connectivity index (χ1) is 9.74. The molecule has 0 fully saturated rings. The Hall–Kier alpha value is -1.86. The Morgan fingerprint density at radius 1 is 1.43 bits per heavy atom. The Morgan fingerprint density at radius 2 is 2.10 bits per heavy atom. The van der Waals surface area contributed by atoms with E-state index in [0.29, 0.717) is 11.3 Å². The van der Waals surface area contributed by atoms with Gasteiger partial charge < -0.3 is 25.0 Å². The topological polar surface area (TPSA) is 101 Å². The van der Waals surface area contributed by atoms with E-state index >= 15 is 0 Å². The largest absolute Gasteiger partial charge is 0.496 e.